The van der Waals surface area contributed by atoms with Gasteiger partial charge in [0.1, 0.15) is 0 Å². The van der Waals surface area contributed by atoms with E-state index in [1.807, 2.05) is 0 Å². The van der Waals surface area contributed by atoms with Crippen LogP contribution in [0.15, 0.2) is 24.3 Å². The Balaban J connectivity index is 2.29. The summed E-state index contributed by atoms with van der Waals surface area (Å²) in [6.07, 6.45) is -5.09. The molecule has 1 rings (SSSR count). The first-order valence-corrected chi connectivity index (χ1v) is 5.55. The van der Waals surface area contributed by atoms with Gasteiger partial charge in [0, 0.05) is 18.7 Å². The number of hydrogen-bond donors (Lipinski definition) is 2. The number of nitrogens with two attached hydrogens (primary N) is 1. The minimum Gasteiger partial charge on any atom is -0.398 e. The molecule has 0 aromatic heterocycles. The van der Waals surface area contributed by atoms with Crippen molar-refractivity contribution in [1.82, 2.24) is 5.32 Å². The molecule has 1 aromatic carbocycles. The predicted octanol–water partition coefficient (Wildman–Crippen LogP) is 2.27. The van der Waals surface area contributed by atoms with E-state index >= 15 is 0 Å². The monoisotopic (exact) mass is 260 g/mol. The smallest absolute Gasteiger partial charge is 0.389 e. The highest BCUT2D eigenvalue weighted by Gasteiger charge is 2.25. The van der Waals surface area contributed by atoms with Crippen molar-refractivity contribution < 1.29 is 18.0 Å². The number of carbonyl (C=O) groups is 1. The van der Waals surface area contributed by atoms with Crippen LogP contribution in [0.5, 0.6) is 0 Å². The molecule has 0 saturated carbocycles. The van der Waals surface area contributed by atoms with Crippen LogP contribution in [0.2, 0.25) is 0 Å². The minimum absolute atomic E-state index is 0.0189. The second kappa shape index (κ2) is 6.28. The molecule has 3 N–H and O–H groups in total. The van der Waals surface area contributed by atoms with Crippen molar-refractivity contribution in [2.45, 2.75) is 25.4 Å². The summed E-state index contributed by atoms with van der Waals surface area (Å²) < 4.78 is 35.6. The first-order valence-electron chi connectivity index (χ1n) is 5.55. The highest BCUT2D eigenvalue weighted by atomic mass is 19.4. The van der Waals surface area contributed by atoms with Crippen molar-refractivity contribution in [3.05, 3.63) is 29.8 Å². The molecule has 0 aliphatic heterocycles. The maximum atomic E-state index is 11.9. The molecular formula is C12H15F3N2O. The number of alkyl halides is 3. The molecule has 0 unspecified atom stereocenters. The fourth-order valence-electron chi connectivity index (χ4n) is 1.45. The fourth-order valence-corrected chi connectivity index (χ4v) is 1.45. The summed E-state index contributed by atoms with van der Waals surface area (Å²) in [6.45, 7) is 0.0189. The third-order valence-electron chi connectivity index (χ3n) is 2.37. The van der Waals surface area contributed by atoms with Crippen LogP contribution < -0.4 is 11.1 Å². The number of hydrogen-bond acceptors (Lipinski definition) is 2. The molecule has 3 nitrogen and oxygen atoms in total. The van der Waals surface area contributed by atoms with E-state index in [4.69, 9.17) is 5.73 Å². The van der Waals surface area contributed by atoms with Crippen molar-refractivity contribution in [2.75, 3.05) is 12.3 Å². The van der Waals surface area contributed by atoms with Gasteiger partial charge in [0.05, 0.1) is 6.42 Å². The van der Waals surface area contributed by atoms with Gasteiger partial charge < -0.3 is 11.1 Å². The Hall–Kier alpha value is -1.72. The van der Waals surface area contributed by atoms with Crippen LogP contribution in [-0.2, 0) is 11.2 Å². The van der Waals surface area contributed by atoms with Crippen LogP contribution >= 0.6 is 0 Å². The second-order valence-corrected chi connectivity index (χ2v) is 3.94. The first kappa shape index (κ1) is 14.3. The molecular weight excluding hydrogens is 245 g/mol. The van der Waals surface area contributed by atoms with Crippen LogP contribution in [0.1, 0.15) is 18.4 Å². The zero-order valence-electron chi connectivity index (χ0n) is 9.76. The van der Waals surface area contributed by atoms with Gasteiger partial charge in [-0.3, -0.25) is 4.79 Å². The highest BCUT2D eigenvalue weighted by molar-refractivity contribution is 5.80. The number of anilines is 1. The van der Waals surface area contributed by atoms with Gasteiger partial charge in [0.15, 0.2) is 0 Å². The summed E-state index contributed by atoms with van der Waals surface area (Å²) in [5.41, 5.74) is 6.83. The lowest BCUT2D eigenvalue weighted by atomic mass is 10.1. The number of nitrogen functional groups attached to an aromatic ring is 1. The quantitative estimate of drug-likeness (QED) is 0.630. The number of benzene rings is 1. The molecule has 1 amide bonds. The van der Waals surface area contributed by atoms with Gasteiger partial charge in [-0.25, -0.2) is 0 Å². The van der Waals surface area contributed by atoms with E-state index in [0.717, 1.165) is 0 Å². The van der Waals surface area contributed by atoms with Gasteiger partial charge in [-0.15, -0.1) is 0 Å². The molecule has 1 aromatic rings. The van der Waals surface area contributed by atoms with Crippen molar-refractivity contribution in [3.63, 3.8) is 0 Å². The van der Waals surface area contributed by atoms with Crippen molar-refractivity contribution in [3.8, 4) is 0 Å². The van der Waals surface area contributed by atoms with E-state index < -0.39 is 12.6 Å². The van der Waals surface area contributed by atoms with Gasteiger partial charge >= 0.3 is 6.18 Å². The van der Waals surface area contributed by atoms with Crippen LogP contribution in [0.3, 0.4) is 0 Å². The standard InChI is InChI=1S/C12H15F3N2O/c13-12(14,15)6-3-7-17-11(18)8-9-4-1-2-5-10(9)16/h1-2,4-5H,3,6-8,16H2,(H,17,18). The number of para-hydroxylation sites is 1. The largest absolute Gasteiger partial charge is 0.398 e. The molecule has 0 bridgehead atoms. The van der Waals surface area contributed by atoms with E-state index in [2.05, 4.69) is 5.32 Å². The SMILES string of the molecule is Nc1ccccc1CC(=O)NCCCC(F)(F)F. The topological polar surface area (TPSA) is 55.1 Å². The van der Waals surface area contributed by atoms with Crippen LogP contribution in [0.25, 0.3) is 0 Å². The second-order valence-electron chi connectivity index (χ2n) is 3.94. The molecule has 0 radical (unpaired) electrons. The Labute approximate surface area is 103 Å². The Bertz CT molecular complexity index is 405. The van der Waals surface area contributed by atoms with Crippen LogP contribution in [0, 0.1) is 0 Å². The van der Waals surface area contributed by atoms with Gasteiger partial charge in [-0.1, -0.05) is 18.2 Å². The molecule has 6 heteroatoms. The summed E-state index contributed by atoms with van der Waals surface area (Å²) in [5.74, 6) is -0.324. The van der Waals surface area contributed by atoms with E-state index in [1.165, 1.54) is 0 Å². The number of rotatable bonds is 5. The van der Waals surface area contributed by atoms with E-state index in [9.17, 15) is 18.0 Å². The van der Waals surface area contributed by atoms with Crippen molar-refractivity contribution >= 4 is 11.6 Å². The average Bonchev–Trinajstić information content (AvgIpc) is 2.26. The Morgan fingerprint density at radius 1 is 1.28 bits per heavy atom. The minimum atomic E-state index is -4.17. The van der Waals surface area contributed by atoms with Crippen LogP contribution in [0.4, 0.5) is 18.9 Å². The molecule has 0 heterocycles. The lowest BCUT2D eigenvalue weighted by molar-refractivity contribution is -0.136. The summed E-state index contributed by atoms with van der Waals surface area (Å²) in [5, 5.41) is 2.44. The average molecular weight is 260 g/mol. The van der Waals surface area contributed by atoms with E-state index in [0.29, 0.717) is 11.3 Å². The Morgan fingerprint density at radius 3 is 2.56 bits per heavy atom. The van der Waals surface area contributed by atoms with Gasteiger partial charge in [-0.2, -0.15) is 13.2 Å². The third kappa shape index (κ3) is 5.56. The molecule has 0 fully saturated rings. The zero-order valence-corrected chi connectivity index (χ0v) is 9.76. The maximum Gasteiger partial charge on any atom is 0.389 e. The summed E-state index contributed by atoms with van der Waals surface area (Å²) >= 11 is 0. The predicted molar refractivity (Wildman–Crippen MR) is 62.9 cm³/mol. The van der Waals surface area contributed by atoms with E-state index in [1.54, 1.807) is 24.3 Å². The molecule has 100 valence electrons. The van der Waals surface area contributed by atoms with Gasteiger partial charge in [0.2, 0.25) is 5.91 Å². The summed E-state index contributed by atoms with van der Waals surface area (Å²) in [6, 6.07) is 6.89. The molecule has 0 atom stereocenters. The van der Waals surface area contributed by atoms with Crippen molar-refractivity contribution in [2.24, 2.45) is 0 Å². The Kier molecular flexibility index (Phi) is 5.00. The number of carbonyl (C=O) groups excluding carboxylic acids is 1. The molecule has 0 saturated heterocycles. The van der Waals surface area contributed by atoms with Gasteiger partial charge in [-0.05, 0) is 18.1 Å². The zero-order chi connectivity index (χ0) is 13.6. The molecule has 0 aliphatic carbocycles. The third-order valence-corrected chi connectivity index (χ3v) is 2.37. The normalized spacial score (nSPS) is 11.3. The molecule has 18 heavy (non-hydrogen) atoms. The number of amides is 1. The number of nitrogens with one attached hydrogen (secondary N) is 1. The first-order chi connectivity index (χ1) is 8.38. The summed E-state index contributed by atoms with van der Waals surface area (Å²) in [4.78, 5) is 11.4. The fraction of sp³-hybridized carbons (Fsp3) is 0.417. The van der Waals surface area contributed by atoms with Crippen LogP contribution in [-0.4, -0.2) is 18.6 Å². The lowest BCUT2D eigenvalue weighted by Crippen LogP contribution is -2.27. The summed E-state index contributed by atoms with van der Waals surface area (Å²) in [7, 11) is 0. The van der Waals surface area contributed by atoms with Crippen molar-refractivity contribution in [1.29, 1.82) is 0 Å². The Morgan fingerprint density at radius 2 is 1.94 bits per heavy atom. The lowest BCUT2D eigenvalue weighted by Gasteiger charge is -2.08. The molecule has 0 aliphatic rings. The number of halogens is 3. The van der Waals surface area contributed by atoms with E-state index in [-0.39, 0.29) is 25.3 Å². The maximum absolute atomic E-state index is 11.9. The molecule has 0 spiro atoms. The highest BCUT2D eigenvalue weighted by Crippen LogP contribution is 2.20. The van der Waals surface area contributed by atoms with Gasteiger partial charge in [0.25, 0.3) is 0 Å².